The van der Waals surface area contributed by atoms with Gasteiger partial charge in [-0.15, -0.1) is 12.3 Å². The van der Waals surface area contributed by atoms with Crippen molar-refractivity contribution in [2.75, 3.05) is 6.54 Å². The van der Waals surface area contributed by atoms with E-state index in [0.717, 1.165) is 19.4 Å². The van der Waals surface area contributed by atoms with Crippen molar-refractivity contribution in [3.05, 3.63) is 35.4 Å². The number of benzene rings is 1. The van der Waals surface area contributed by atoms with E-state index in [1.165, 1.54) is 36.8 Å². The molecule has 1 aliphatic carbocycles. The molecule has 1 atom stereocenters. The summed E-state index contributed by atoms with van der Waals surface area (Å²) in [6, 6.07) is 9.39. The van der Waals surface area contributed by atoms with Gasteiger partial charge in [-0.2, -0.15) is 0 Å². The Hall–Kier alpha value is -1.26. The maximum absolute atomic E-state index is 5.25. The molecule has 1 aliphatic rings. The zero-order valence-corrected chi connectivity index (χ0v) is 10.4. The minimum Gasteiger partial charge on any atom is -0.310 e. The Kier molecular flexibility index (Phi) is 4.64. The Balaban J connectivity index is 1.84. The van der Waals surface area contributed by atoms with Crippen LogP contribution >= 0.6 is 0 Å². The topological polar surface area (TPSA) is 12.0 Å². The molecule has 90 valence electrons. The van der Waals surface area contributed by atoms with Crippen LogP contribution in [0.15, 0.2) is 24.3 Å². The van der Waals surface area contributed by atoms with Crippen LogP contribution in [0.3, 0.4) is 0 Å². The van der Waals surface area contributed by atoms with Gasteiger partial charge < -0.3 is 5.32 Å². The third-order valence-electron chi connectivity index (χ3n) is 3.51. The summed E-state index contributed by atoms with van der Waals surface area (Å²) in [6.07, 6.45) is 12.3. The van der Waals surface area contributed by atoms with Crippen molar-refractivity contribution in [2.24, 2.45) is 0 Å². The molecule has 0 fully saturated rings. The fourth-order valence-corrected chi connectivity index (χ4v) is 2.59. The monoisotopic (exact) mass is 227 g/mol. The Morgan fingerprint density at radius 2 is 2.18 bits per heavy atom. The molecule has 0 saturated carbocycles. The van der Waals surface area contributed by atoms with Gasteiger partial charge in [0.15, 0.2) is 0 Å². The van der Waals surface area contributed by atoms with Crippen molar-refractivity contribution in [3.8, 4) is 12.3 Å². The molecule has 0 amide bonds. The van der Waals surface area contributed by atoms with Gasteiger partial charge in [-0.05, 0) is 49.8 Å². The summed E-state index contributed by atoms with van der Waals surface area (Å²) in [5, 5.41) is 3.67. The summed E-state index contributed by atoms with van der Waals surface area (Å²) in [6.45, 7) is 1.08. The summed E-state index contributed by atoms with van der Waals surface area (Å²) in [4.78, 5) is 0. The SMILES string of the molecule is C#CCCCCNC1CCCc2ccccc21. The fourth-order valence-electron chi connectivity index (χ4n) is 2.59. The van der Waals surface area contributed by atoms with Crippen LogP contribution in [-0.2, 0) is 6.42 Å². The summed E-state index contributed by atoms with van der Waals surface area (Å²) >= 11 is 0. The van der Waals surface area contributed by atoms with E-state index in [1.54, 1.807) is 0 Å². The quantitative estimate of drug-likeness (QED) is 0.600. The number of fused-ring (bicyclic) bond motifs is 1. The largest absolute Gasteiger partial charge is 0.310 e. The van der Waals surface area contributed by atoms with E-state index >= 15 is 0 Å². The predicted octanol–water partition coefficient (Wildman–Crippen LogP) is 3.46. The zero-order chi connectivity index (χ0) is 11.9. The smallest absolute Gasteiger partial charge is 0.0323 e. The van der Waals surface area contributed by atoms with E-state index in [4.69, 9.17) is 6.42 Å². The first-order valence-electron chi connectivity index (χ1n) is 6.66. The van der Waals surface area contributed by atoms with Crippen LogP contribution in [0.25, 0.3) is 0 Å². The molecule has 17 heavy (non-hydrogen) atoms. The van der Waals surface area contributed by atoms with Crippen molar-refractivity contribution in [2.45, 2.75) is 44.6 Å². The predicted molar refractivity (Wildman–Crippen MR) is 72.8 cm³/mol. The highest BCUT2D eigenvalue weighted by Gasteiger charge is 2.18. The number of nitrogens with one attached hydrogen (secondary N) is 1. The molecule has 0 bridgehead atoms. The normalized spacial score (nSPS) is 18.4. The highest BCUT2D eigenvalue weighted by atomic mass is 14.9. The molecular weight excluding hydrogens is 206 g/mol. The van der Waals surface area contributed by atoms with Gasteiger partial charge in [-0.25, -0.2) is 0 Å². The van der Waals surface area contributed by atoms with Crippen LogP contribution in [-0.4, -0.2) is 6.54 Å². The average molecular weight is 227 g/mol. The van der Waals surface area contributed by atoms with Gasteiger partial charge in [-0.1, -0.05) is 24.3 Å². The van der Waals surface area contributed by atoms with E-state index in [0.29, 0.717) is 6.04 Å². The van der Waals surface area contributed by atoms with Gasteiger partial charge >= 0.3 is 0 Å². The molecule has 0 aliphatic heterocycles. The minimum atomic E-state index is 0.561. The zero-order valence-electron chi connectivity index (χ0n) is 10.4. The van der Waals surface area contributed by atoms with Crippen molar-refractivity contribution in [1.29, 1.82) is 0 Å². The van der Waals surface area contributed by atoms with Crippen molar-refractivity contribution >= 4 is 0 Å². The Labute approximate surface area is 105 Å². The first kappa shape index (κ1) is 12.2. The minimum absolute atomic E-state index is 0.561. The number of unbranched alkanes of at least 4 members (excludes halogenated alkanes) is 2. The van der Waals surface area contributed by atoms with Gasteiger partial charge in [0.05, 0.1) is 0 Å². The number of terminal acetylenes is 1. The Morgan fingerprint density at radius 3 is 3.06 bits per heavy atom. The molecule has 0 aromatic heterocycles. The van der Waals surface area contributed by atoms with Crippen molar-refractivity contribution in [3.63, 3.8) is 0 Å². The van der Waals surface area contributed by atoms with Crippen LogP contribution in [0.2, 0.25) is 0 Å². The third-order valence-corrected chi connectivity index (χ3v) is 3.51. The van der Waals surface area contributed by atoms with Gasteiger partial charge in [-0.3, -0.25) is 0 Å². The first-order valence-corrected chi connectivity index (χ1v) is 6.66. The lowest BCUT2D eigenvalue weighted by atomic mass is 9.88. The molecule has 0 radical (unpaired) electrons. The van der Waals surface area contributed by atoms with Crippen molar-refractivity contribution < 1.29 is 0 Å². The van der Waals surface area contributed by atoms with Gasteiger partial charge in [0, 0.05) is 12.5 Å². The van der Waals surface area contributed by atoms with Crippen LogP contribution in [0.5, 0.6) is 0 Å². The lowest BCUT2D eigenvalue weighted by Gasteiger charge is -2.26. The highest BCUT2D eigenvalue weighted by Crippen LogP contribution is 2.29. The van der Waals surface area contributed by atoms with Crippen LogP contribution in [0.4, 0.5) is 0 Å². The third kappa shape index (κ3) is 3.35. The second kappa shape index (κ2) is 6.47. The molecule has 1 aromatic carbocycles. The molecule has 0 heterocycles. The first-order chi connectivity index (χ1) is 8.42. The van der Waals surface area contributed by atoms with Gasteiger partial charge in [0.2, 0.25) is 0 Å². The fraction of sp³-hybridized carbons (Fsp3) is 0.500. The van der Waals surface area contributed by atoms with E-state index in [2.05, 4.69) is 35.5 Å². The summed E-state index contributed by atoms with van der Waals surface area (Å²) in [5.74, 6) is 2.69. The molecule has 0 saturated heterocycles. The second-order valence-electron chi connectivity index (χ2n) is 4.76. The molecule has 1 heteroatoms. The lowest BCUT2D eigenvalue weighted by Crippen LogP contribution is -2.26. The van der Waals surface area contributed by atoms with E-state index < -0.39 is 0 Å². The van der Waals surface area contributed by atoms with Crippen LogP contribution in [0, 0.1) is 12.3 Å². The number of aryl methyl sites for hydroxylation is 1. The molecular formula is C16H21N. The molecule has 1 unspecified atom stereocenters. The van der Waals surface area contributed by atoms with E-state index in [1.807, 2.05) is 0 Å². The maximum Gasteiger partial charge on any atom is 0.0323 e. The summed E-state index contributed by atoms with van der Waals surface area (Å²) < 4.78 is 0. The maximum atomic E-state index is 5.25. The second-order valence-corrected chi connectivity index (χ2v) is 4.76. The number of rotatable bonds is 5. The molecule has 1 nitrogen and oxygen atoms in total. The Morgan fingerprint density at radius 1 is 1.29 bits per heavy atom. The number of hydrogen-bond acceptors (Lipinski definition) is 1. The molecule has 0 spiro atoms. The van der Waals surface area contributed by atoms with E-state index in [9.17, 15) is 0 Å². The molecule has 1 N–H and O–H groups in total. The van der Waals surface area contributed by atoms with E-state index in [-0.39, 0.29) is 0 Å². The van der Waals surface area contributed by atoms with Crippen molar-refractivity contribution in [1.82, 2.24) is 5.32 Å². The van der Waals surface area contributed by atoms with Gasteiger partial charge in [0.1, 0.15) is 0 Å². The summed E-state index contributed by atoms with van der Waals surface area (Å²) in [7, 11) is 0. The van der Waals surface area contributed by atoms with Crippen LogP contribution < -0.4 is 5.32 Å². The van der Waals surface area contributed by atoms with Crippen LogP contribution in [0.1, 0.15) is 49.3 Å². The molecule has 1 aromatic rings. The standard InChI is InChI=1S/C16H21N/c1-2-3-4-7-13-17-16-12-8-10-14-9-5-6-11-15(14)16/h1,5-6,9,11,16-17H,3-4,7-8,10,12-13H2. The average Bonchev–Trinajstić information content (AvgIpc) is 2.39. The molecule has 2 rings (SSSR count). The lowest BCUT2D eigenvalue weighted by molar-refractivity contribution is 0.453. The highest BCUT2D eigenvalue weighted by molar-refractivity contribution is 5.32. The summed E-state index contributed by atoms with van der Waals surface area (Å²) in [5.41, 5.74) is 3.04. The van der Waals surface area contributed by atoms with Gasteiger partial charge in [0.25, 0.3) is 0 Å². The Bertz CT molecular complexity index is 389. The number of hydrogen-bond donors (Lipinski definition) is 1.